The number of carboxylic acids is 1. The highest BCUT2D eigenvalue weighted by atomic mass is 32.2. The number of benzene rings is 2. The molecule has 1 amide bonds. The SMILES string of the molecule is COCCNC(=O)CCCC1(C)C(=CC=CC2=[N+](CCCCCC(=O)O)c3ccc(S(=O)(=O)O)cc3C2(C)CCCS(=O)(=O)O)N(CCOC)c2ccc(S(=O)(=O)OC)cc21. The van der Waals surface area contributed by atoms with Crippen LogP contribution >= 0.6 is 0 Å². The molecular formula is C41H58N3O14S3+. The number of nitrogens with zero attached hydrogens (tertiary/aromatic N) is 2. The van der Waals surface area contributed by atoms with Crippen LogP contribution in [0.25, 0.3) is 0 Å². The van der Waals surface area contributed by atoms with Gasteiger partial charge >= 0.3 is 5.97 Å². The van der Waals surface area contributed by atoms with Crippen LogP contribution in [-0.4, -0.2) is 122 Å². The van der Waals surface area contributed by atoms with E-state index in [0.29, 0.717) is 87.5 Å². The van der Waals surface area contributed by atoms with Crippen molar-refractivity contribution in [1.29, 1.82) is 0 Å². The molecule has 0 saturated carbocycles. The van der Waals surface area contributed by atoms with E-state index in [0.717, 1.165) is 18.5 Å². The zero-order chi connectivity index (χ0) is 45.2. The van der Waals surface area contributed by atoms with Crippen molar-refractivity contribution < 1.29 is 67.3 Å². The number of nitrogens with one attached hydrogen (secondary N) is 1. The summed E-state index contributed by atoms with van der Waals surface area (Å²) in [6.07, 6.45) is 8.27. The van der Waals surface area contributed by atoms with Crippen molar-refractivity contribution in [3.05, 3.63) is 71.5 Å². The van der Waals surface area contributed by atoms with Crippen LogP contribution < -0.4 is 10.2 Å². The number of aliphatic carboxylic acids is 1. The minimum atomic E-state index is -4.64. The first kappa shape index (κ1) is 49.6. The second-order valence-corrected chi connectivity index (χ2v) is 20.2. The molecule has 338 valence electrons. The van der Waals surface area contributed by atoms with E-state index in [2.05, 4.69) is 5.32 Å². The number of allylic oxidation sites excluding steroid dienone is 4. The standard InChI is InChI=1S/C41H57N3O14S3/c1-40(20-10-14-38(45)42-22-25-56-3)33-29-31(61(54,55)58-5)17-19-35(33)44(24-26-57-4)37(40)13-9-12-36-41(2,21-11-27-59(48,49)50)32-28-30(60(51,52)53)16-18-34(32)43(36)23-8-6-7-15-39(46)47/h9,12-13,16-19,28-29H,6-8,10-11,14-15,20-27H2,1-5H3,(H3-,42,45,46,47,48,49,50,51,52,53)/p+1. The molecule has 0 aromatic heterocycles. The molecule has 2 unspecified atom stereocenters. The third kappa shape index (κ3) is 12.3. The van der Waals surface area contributed by atoms with Crippen molar-refractivity contribution in [2.24, 2.45) is 0 Å². The molecule has 4 rings (SSSR count). The van der Waals surface area contributed by atoms with Crippen LogP contribution in [0.15, 0.2) is 70.1 Å². The Morgan fingerprint density at radius 2 is 1.49 bits per heavy atom. The van der Waals surface area contributed by atoms with Gasteiger partial charge in [0.2, 0.25) is 11.6 Å². The van der Waals surface area contributed by atoms with E-state index < -0.39 is 52.9 Å². The number of hydrogen-bond acceptors (Lipinski definition) is 12. The molecule has 0 fully saturated rings. The number of methoxy groups -OCH3 is 2. The van der Waals surface area contributed by atoms with E-state index in [4.69, 9.17) is 13.7 Å². The van der Waals surface area contributed by atoms with Crippen LogP contribution in [0.3, 0.4) is 0 Å². The summed E-state index contributed by atoms with van der Waals surface area (Å²) in [4.78, 5) is 25.6. The zero-order valence-electron chi connectivity index (χ0n) is 35.3. The van der Waals surface area contributed by atoms with Gasteiger partial charge in [-0.25, -0.2) is 0 Å². The number of carboxylic acid groups (broad SMARTS) is 1. The van der Waals surface area contributed by atoms with Gasteiger partial charge in [-0.2, -0.15) is 29.8 Å². The molecule has 0 aliphatic carbocycles. The number of carbonyl (C=O) groups is 2. The van der Waals surface area contributed by atoms with Crippen LogP contribution in [0.5, 0.6) is 0 Å². The Labute approximate surface area is 359 Å². The van der Waals surface area contributed by atoms with Crippen molar-refractivity contribution in [2.75, 3.05) is 64.8 Å². The maximum Gasteiger partial charge on any atom is 0.303 e. The first-order valence-corrected chi connectivity index (χ1v) is 24.4. The third-order valence-corrected chi connectivity index (χ3v) is 14.2. The lowest BCUT2D eigenvalue weighted by Crippen LogP contribution is -2.32. The zero-order valence-corrected chi connectivity index (χ0v) is 37.7. The fourth-order valence-electron chi connectivity index (χ4n) is 8.21. The largest absolute Gasteiger partial charge is 0.481 e. The fourth-order valence-corrected chi connectivity index (χ4v) is 9.92. The normalized spacial score (nSPS) is 19.9. The second kappa shape index (κ2) is 20.9. The van der Waals surface area contributed by atoms with Gasteiger partial charge in [-0.1, -0.05) is 6.08 Å². The molecule has 0 spiro atoms. The topological polar surface area (TPSA) is 243 Å². The van der Waals surface area contributed by atoms with Crippen LogP contribution in [-0.2, 0) is 64.4 Å². The number of fused-ring (bicyclic) bond motifs is 2. The minimum Gasteiger partial charge on any atom is -0.481 e. The van der Waals surface area contributed by atoms with Gasteiger partial charge in [0.05, 0.1) is 41.3 Å². The Morgan fingerprint density at radius 3 is 2.13 bits per heavy atom. The number of carbonyl (C=O) groups excluding carboxylic acids is 1. The summed E-state index contributed by atoms with van der Waals surface area (Å²) in [5.74, 6) is -1.63. The number of unbranched alkanes of at least 4 members (excludes halogenated alkanes) is 2. The smallest absolute Gasteiger partial charge is 0.303 e. The molecule has 2 heterocycles. The molecule has 17 nitrogen and oxygen atoms in total. The fraction of sp³-hybridized carbons (Fsp3) is 0.537. The number of hydrogen-bond donors (Lipinski definition) is 4. The predicted octanol–water partition coefficient (Wildman–Crippen LogP) is 4.74. The Hall–Kier alpha value is -4.02. The van der Waals surface area contributed by atoms with E-state index in [1.165, 1.54) is 25.3 Å². The quantitative estimate of drug-likeness (QED) is 0.0455. The molecule has 4 N–H and O–H groups in total. The Kier molecular flexibility index (Phi) is 17.0. The Morgan fingerprint density at radius 1 is 0.820 bits per heavy atom. The van der Waals surface area contributed by atoms with Gasteiger partial charge in [0.1, 0.15) is 6.54 Å². The van der Waals surface area contributed by atoms with Crippen LogP contribution in [0, 0.1) is 0 Å². The average molecular weight is 913 g/mol. The van der Waals surface area contributed by atoms with Gasteiger partial charge in [-0.05, 0) is 94.3 Å². The lowest BCUT2D eigenvalue weighted by molar-refractivity contribution is -0.438. The van der Waals surface area contributed by atoms with E-state index >= 15 is 0 Å². The van der Waals surface area contributed by atoms with Crippen LogP contribution in [0.1, 0.15) is 82.8 Å². The monoisotopic (exact) mass is 912 g/mol. The Bertz CT molecular complexity index is 2360. The van der Waals surface area contributed by atoms with Crippen LogP contribution in [0.2, 0.25) is 0 Å². The molecule has 2 aromatic rings. The molecule has 61 heavy (non-hydrogen) atoms. The summed E-state index contributed by atoms with van der Waals surface area (Å²) in [6.45, 7) is 5.58. The predicted molar refractivity (Wildman–Crippen MR) is 228 cm³/mol. The molecule has 0 saturated heterocycles. The average Bonchev–Trinajstić information content (AvgIpc) is 3.55. The van der Waals surface area contributed by atoms with Gasteiger partial charge in [0.25, 0.3) is 30.4 Å². The Balaban J connectivity index is 1.90. The molecule has 20 heteroatoms. The summed E-state index contributed by atoms with van der Waals surface area (Å²) in [5.41, 5.74) is 2.06. The molecule has 2 aliphatic rings. The second-order valence-electron chi connectivity index (χ2n) is 15.5. The molecule has 2 atom stereocenters. The highest BCUT2D eigenvalue weighted by Crippen LogP contribution is 2.51. The highest BCUT2D eigenvalue weighted by Gasteiger charge is 2.48. The number of anilines is 1. The maximum atomic E-state index is 13.0. The molecule has 0 bridgehead atoms. The van der Waals surface area contributed by atoms with E-state index in [-0.39, 0.29) is 41.4 Å². The van der Waals surface area contributed by atoms with Crippen molar-refractivity contribution in [3.8, 4) is 0 Å². The number of amides is 1. The van der Waals surface area contributed by atoms with Crippen molar-refractivity contribution >= 4 is 59.3 Å². The lowest BCUT2D eigenvalue weighted by Gasteiger charge is -2.30. The highest BCUT2D eigenvalue weighted by molar-refractivity contribution is 7.86. The number of rotatable bonds is 25. The first-order valence-electron chi connectivity index (χ1n) is 19.9. The molecule has 0 radical (unpaired) electrons. The van der Waals surface area contributed by atoms with Crippen LogP contribution in [0.4, 0.5) is 11.4 Å². The van der Waals surface area contributed by atoms with E-state index in [9.17, 15) is 49.1 Å². The van der Waals surface area contributed by atoms with Crippen molar-refractivity contribution in [2.45, 2.75) is 92.3 Å². The van der Waals surface area contributed by atoms with Gasteiger partial charge in [0.15, 0.2) is 5.71 Å². The summed E-state index contributed by atoms with van der Waals surface area (Å²) >= 11 is 0. The molecule has 2 aromatic carbocycles. The van der Waals surface area contributed by atoms with E-state index in [1.54, 1.807) is 25.3 Å². The van der Waals surface area contributed by atoms with Gasteiger partial charge in [-0.3, -0.25) is 22.9 Å². The first-order chi connectivity index (χ1) is 28.6. The lowest BCUT2D eigenvalue weighted by atomic mass is 9.75. The maximum absolute atomic E-state index is 13.0. The molecule has 2 aliphatic heterocycles. The van der Waals surface area contributed by atoms with Gasteiger partial charge in [-0.15, -0.1) is 0 Å². The summed E-state index contributed by atoms with van der Waals surface area (Å²) in [6, 6.07) is 8.99. The van der Waals surface area contributed by atoms with Crippen molar-refractivity contribution in [1.82, 2.24) is 5.32 Å². The summed E-state index contributed by atoms with van der Waals surface area (Å²) in [5, 5.41) is 12.0. The summed E-state index contributed by atoms with van der Waals surface area (Å²) in [7, 11) is -8.88. The third-order valence-electron chi connectivity index (χ3n) is 11.3. The van der Waals surface area contributed by atoms with E-state index in [1.807, 2.05) is 41.6 Å². The summed E-state index contributed by atoms with van der Waals surface area (Å²) < 4.78 is 111. The number of ether oxygens (including phenoxy) is 2. The molecular weight excluding hydrogens is 855 g/mol. The van der Waals surface area contributed by atoms with Crippen molar-refractivity contribution in [3.63, 3.8) is 0 Å². The van der Waals surface area contributed by atoms with Gasteiger partial charge < -0.3 is 24.8 Å². The van der Waals surface area contributed by atoms with Gasteiger partial charge in [0, 0.05) is 81.1 Å². The minimum absolute atomic E-state index is 0.000303.